The maximum Gasteiger partial charge on any atom is 0.225 e. The summed E-state index contributed by atoms with van der Waals surface area (Å²) in [5.41, 5.74) is 1.31. The molecule has 1 saturated carbocycles. The summed E-state index contributed by atoms with van der Waals surface area (Å²) in [5.74, 6) is -0.00402. The largest absolute Gasteiger partial charge is 0.326 e. The molecule has 0 atom stereocenters. The number of nitrogens with one attached hydrogen (secondary N) is 1. The Hall–Kier alpha value is -1.61. The van der Waals surface area contributed by atoms with E-state index in [4.69, 9.17) is 16.9 Å². The van der Waals surface area contributed by atoms with E-state index >= 15 is 0 Å². The molecule has 140 valence electrons. The molecule has 0 bridgehead atoms. The number of rotatable bonds is 4. The van der Waals surface area contributed by atoms with Gasteiger partial charge in [0.05, 0.1) is 10.6 Å². The molecule has 1 N–H and O–H groups in total. The molecule has 0 radical (unpaired) electrons. The monoisotopic (exact) mass is 374 g/mol. The van der Waals surface area contributed by atoms with E-state index in [2.05, 4.69) is 22.2 Å². The first-order valence-electron chi connectivity index (χ1n) is 9.45. The third-order valence-electron chi connectivity index (χ3n) is 5.75. The number of benzene rings is 1. The summed E-state index contributed by atoms with van der Waals surface area (Å²) in [6, 6.07) is 7.02. The number of anilines is 1. The van der Waals surface area contributed by atoms with Gasteiger partial charge < -0.3 is 10.2 Å². The molecule has 1 saturated heterocycles. The van der Waals surface area contributed by atoms with E-state index in [9.17, 15) is 4.79 Å². The number of piperazine rings is 1. The molecule has 1 amide bonds. The summed E-state index contributed by atoms with van der Waals surface area (Å²) in [6.45, 7) is 4.00. The third kappa shape index (κ3) is 4.37. The van der Waals surface area contributed by atoms with E-state index in [0.717, 1.165) is 26.2 Å². The van der Waals surface area contributed by atoms with Crippen LogP contribution in [-0.2, 0) is 4.79 Å². The molecule has 1 aliphatic heterocycles. The highest BCUT2D eigenvalue weighted by Gasteiger charge is 2.41. The van der Waals surface area contributed by atoms with Crippen molar-refractivity contribution >= 4 is 23.2 Å². The first kappa shape index (κ1) is 19.2. The van der Waals surface area contributed by atoms with Crippen LogP contribution in [0.2, 0.25) is 5.02 Å². The molecule has 1 aromatic carbocycles. The lowest BCUT2D eigenvalue weighted by Gasteiger charge is -2.52. The highest BCUT2D eigenvalue weighted by atomic mass is 35.5. The van der Waals surface area contributed by atoms with Crippen molar-refractivity contribution in [2.45, 2.75) is 44.1 Å². The van der Waals surface area contributed by atoms with Crippen LogP contribution in [0.3, 0.4) is 0 Å². The summed E-state index contributed by atoms with van der Waals surface area (Å²) in [4.78, 5) is 17.4. The van der Waals surface area contributed by atoms with Gasteiger partial charge in [0.25, 0.3) is 0 Å². The van der Waals surface area contributed by atoms with Gasteiger partial charge in [-0.15, -0.1) is 0 Å². The van der Waals surface area contributed by atoms with E-state index in [0.29, 0.717) is 22.7 Å². The lowest BCUT2D eigenvalue weighted by atomic mass is 9.78. The average molecular weight is 375 g/mol. The van der Waals surface area contributed by atoms with E-state index in [-0.39, 0.29) is 11.4 Å². The Kier molecular flexibility index (Phi) is 6.18. The smallest absolute Gasteiger partial charge is 0.225 e. The summed E-state index contributed by atoms with van der Waals surface area (Å²) >= 11 is 6.04. The summed E-state index contributed by atoms with van der Waals surface area (Å²) in [6.07, 6.45) is 6.87. The van der Waals surface area contributed by atoms with Gasteiger partial charge in [-0.1, -0.05) is 30.9 Å². The summed E-state index contributed by atoms with van der Waals surface area (Å²) in [7, 11) is 2.20. The Balaban J connectivity index is 1.58. The van der Waals surface area contributed by atoms with Crippen LogP contribution in [0.15, 0.2) is 18.2 Å². The van der Waals surface area contributed by atoms with Crippen LogP contribution in [0.5, 0.6) is 0 Å². The molecule has 2 aliphatic rings. The van der Waals surface area contributed by atoms with Gasteiger partial charge in [0.2, 0.25) is 5.91 Å². The number of amides is 1. The molecular formula is C20H27ClN4O. The van der Waals surface area contributed by atoms with Crippen molar-refractivity contribution in [3.05, 3.63) is 28.8 Å². The molecule has 1 spiro atoms. The highest BCUT2D eigenvalue weighted by Crippen LogP contribution is 2.36. The number of halogens is 1. The van der Waals surface area contributed by atoms with Gasteiger partial charge >= 0.3 is 0 Å². The van der Waals surface area contributed by atoms with Crippen molar-refractivity contribution in [1.29, 1.82) is 5.26 Å². The van der Waals surface area contributed by atoms with E-state index < -0.39 is 0 Å². The van der Waals surface area contributed by atoms with Crippen LogP contribution in [0, 0.1) is 11.3 Å². The quantitative estimate of drug-likeness (QED) is 0.876. The minimum atomic E-state index is -0.00402. The van der Waals surface area contributed by atoms with Crippen LogP contribution in [0.1, 0.15) is 44.1 Å². The molecule has 1 aliphatic carbocycles. The Labute approximate surface area is 160 Å². The number of carbonyl (C=O) groups excluding carboxylic acids is 1. The Morgan fingerprint density at radius 3 is 2.77 bits per heavy atom. The maximum atomic E-state index is 12.4. The standard InChI is InChI=1S/C20H27ClN4O/c1-24-11-12-25(20(15-24)8-3-2-4-9-20)10-7-19(26)23-17-6-5-16(14-22)18(21)13-17/h5-6,13H,2-4,7-12,15H2,1H3,(H,23,26). The molecule has 1 aromatic rings. The second-order valence-corrected chi connectivity index (χ2v) is 8.02. The number of likely N-dealkylation sites (N-methyl/N-ethyl adjacent to an activating group) is 1. The fraction of sp³-hybridized carbons (Fsp3) is 0.600. The first-order chi connectivity index (χ1) is 12.5. The van der Waals surface area contributed by atoms with Gasteiger partial charge in [0.15, 0.2) is 0 Å². The van der Waals surface area contributed by atoms with Gasteiger partial charge in [-0.25, -0.2) is 0 Å². The summed E-state index contributed by atoms with van der Waals surface area (Å²) in [5, 5.41) is 12.2. The Morgan fingerprint density at radius 2 is 2.08 bits per heavy atom. The maximum absolute atomic E-state index is 12.4. The van der Waals surface area contributed by atoms with E-state index in [1.807, 2.05) is 6.07 Å². The van der Waals surface area contributed by atoms with E-state index in [1.165, 1.54) is 32.1 Å². The van der Waals surface area contributed by atoms with Crippen molar-refractivity contribution in [2.24, 2.45) is 0 Å². The third-order valence-corrected chi connectivity index (χ3v) is 6.07. The number of nitriles is 1. The Bertz CT molecular complexity index is 694. The Morgan fingerprint density at radius 1 is 1.31 bits per heavy atom. The lowest BCUT2D eigenvalue weighted by molar-refractivity contribution is -0.117. The van der Waals surface area contributed by atoms with Crippen molar-refractivity contribution in [1.82, 2.24) is 9.80 Å². The van der Waals surface area contributed by atoms with Gasteiger partial charge in [0.1, 0.15) is 6.07 Å². The average Bonchev–Trinajstić information content (AvgIpc) is 2.62. The fourth-order valence-corrected chi connectivity index (χ4v) is 4.61. The van der Waals surface area contributed by atoms with Crippen molar-refractivity contribution in [3.8, 4) is 6.07 Å². The molecule has 6 heteroatoms. The van der Waals surface area contributed by atoms with Crippen LogP contribution in [0.4, 0.5) is 5.69 Å². The zero-order valence-corrected chi connectivity index (χ0v) is 16.2. The molecule has 3 rings (SSSR count). The molecule has 1 heterocycles. The second-order valence-electron chi connectivity index (χ2n) is 7.61. The normalized spacial score (nSPS) is 20.7. The fourth-order valence-electron chi connectivity index (χ4n) is 4.39. The number of hydrogen-bond donors (Lipinski definition) is 1. The number of hydrogen-bond acceptors (Lipinski definition) is 4. The van der Waals surface area contributed by atoms with Gasteiger partial charge in [-0.2, -0.15) is 5.26 Å². The van der Waals surface area contributed by atoms with Crippen molar-refractivity contribution < 1.29 is 4.79 Å². The van der Waals surface area contributed by atoms with E-state index in [1.54, 1.807) is 18.2 Å². The molecule has 5 nitrogen and oxygen atoms in total. The molecule has 0 aromatic heterocycles. The van der Waals surface area contributed by atoms with Crippen LogP contribution in [-0.4, -0.2) is 54.5 Å². The minimum absolute atomic E-state index is 0.00402. The predicted molar refractivity (Wildman–Crippen MR) is 104 cm³/mol. The van der Waals surface area contributed by atoms with Gasteiger partial charge in [0, 0.05) is 43.8 Å². The first-order valence-corrected chi connectivity index (χ1v) is 9.83. The van der Waals surface area contributed by atoms with Gasteiger partial charge in [-0.05, 0) is 38.1 Å². The SMILES string of the molecule is CN1CCN(CCC(=O)Nc2ccc(C#N)c(Cl)c2)C2(CCCCC2)C1. The zero-order valence-electron chi connectivity index (χ0n) is 15.4. The van der Waals surface area contributed by atoms with Crippen LogP contribution in [0.25, 0.3) is 0 Å². The molecular weight excluding hydrogens is 348 g/mol. The highest BCUT2D eigenvalue weighted by molar-refractivity contribution is 6.32. The molecule has 2 fully saturated rings. The lowest BCUT2D eigenvalue weighted by Crippen LogP contribution is -2.62. The summed E-state index contributed by atoms with van der Waals surface area (Å²) < 4.78 is 0. The van der Waals surface area contributed by atoms with Crippen molar-refractivity contribution in [3.63, 3.8) is 0 Å². The predicted octanol–water partition coefficient (Wildman–Crippen LogP) is 3.49. The molecule has 26 heavy (non-hydrogen) atoms. The number of nitrogens with zero attached hydrogens (tertiary/aromatic N) is 3. The molecule has 0 unspecified atom stereocenters. The van der Waals surface area contributed by atoms with Crippen molar-refractivity contribution in [2.75, 3.05) is 38.5 Å². The van der Waals surface area contributed by atoms with Gasteiger partial charge in [-0.3, -0.25) is 9.69 Å². The number of carbonyl (C=O) groups is 1. The minimum Gasteiger partial charge on any atom is -0.326 e. The topological polar surface area (TPSA) is 59.4 Å². The zero-order chi connectivity index (χ0) is 18.6. The van der Waals surface area contributed by atoms with Crippen LogP contribution >= 0.6 is 11.6 Å². The van der Waals surface area contributed by atoms with Crippen LogP contribution < -0.4 is 5.32 Å². The second kappa shape index (κ2) is 8.39.